The molecule has 2 nitrogen and oxygen atoms in total. The van der Waals surface area contributed by atoms with Gasteiger partial charge in [0.2, 0.25) is 0 Å². The van der Waals surface area contributed by atoms with Gasteiger partial charge in [0, 0.05) is 23.0 Å². The lowest BCUT2D eigenvalue weighted by atomic mass is 9.99. The first-order chi connectivity index (χ1) is 7.61. The topological polar surface area (TPSA) is 15.3 Å². The van der Waals surface area contributed by atoms with E-state index in [1.165, 1.54) is 24.3 Å². The number of hydrogen-bond acceptors (Lipinski definition) is 3. The third kappa shape index (κ3) is 2.65. The minimum absolute atomic E-state index is 0.320. The summed E-state index contributed by atoms with van der Waals surface area (Å²) < 4.78 is 0. The Morgan fingerprint density at radius 2 is 2.44 bits per heavy atom. The van der Waals surface area contributed by atoms with E-state index in [2.05, 4.69) is 48.6 Å². The average molecular weight is 238 g/mol. The summed E-state index contributed by atoms with van der Waals surface area (Å²) in [6, 6.07) is 4.90. The molecular formula is C13H22N2S. The van der Waals surface area contributed by atoms with Crippen LogP contribution >= 0.6 is 11.3 Å². The highest BCUT2D eigenvalue weighted by molar-refractivity contribution is 7.10. The van der Waals surface area contributed by atoms with Gasteiger partial charge in [0.25, 0.3) is 0 Å². The molecule has 2 atom stereocenters. The van der Waals surface area contributed by atoms with Crippen molar-refractivity contribution in [3.05, 3.63) is 22.4 Å². The van der Waals surface area contributed by atoms with Crippen molar-refractivity contribution in [1.82, 2.24) is 10.2 Å². The summed E-state index contributed by atoms with van der Waals surface area (Å²) in [6.07, 6.45) is 2.62. The van der Waals surface area contributed by atoms with Crippen LogP contribution in [0.2, 0.25) is 0 Å². The fraction of sp³-hybridized carbons (Fsp3) is 0.692. The minimum atomic E-state index is 0.320. The molecule has 1 aromatic rings. The van der Waals surface area contributed by atoms with Gasteiger partial charge in [0.1, 0.15) is 0 Å². The molecule has 2 rings (SSSR count). The Hall–Kier alpha value is -0.380. The quantitative estimate of drug-likeness (QED) is 0.867. The summed E-state index contributed by atoms with van der Waals surface area (Å²) in [5, 5.41) is 5.79. The lowest BCUT2D eigenvalue weighted by Crippen LogP contribution is -2.46. The number of rotatable bonds is 4. The van der Waals surface area contributed by atoms with Crippen molar-refractivity contribution in [3.8, 4) is 0 Å². The van der Waals surface area contributed by atoms with Crippen LogP contribution in [0.25, 0.3) is 0 Å². The lowest BCUT2D eigenvalue weighted by Gasteiger charge is -2.33. The second-order valence-electron chi connectivity index (χ2n) is 5.20. The lowest BCUT2D eigenvalue weighted by molar-refractivity contribution is 0.196. The van der Waals surface area contributed by atoms with Crippen LogP contribution in [0.3, 0.4) is 0 Å². The molecule has 3 heteroatoms. The van der Waals surface area contributed by atoms with Crippen LogP contribution < -0.4 is 5.32 Å². The summed E-state index contributed by atoms with van der Waals surface area (Å²) >= 11 is 1.85. The Morgan fingerprint density at radius 1 is 1.62 bits per heavy atom. The highest BCUT2D eigenvalue weighted by Gasteiger charge is 2.30. The average Bonchev–Trinajstić information content (AvgIpc) is 2.87. The van der Waals surface area contributed by atoms with Gasteiger partial charge in [0.15, 0.2) is 0 Å². The summed E-state index contributed by atoms with van der Waals surface area (Å²) in [5.74, 6) is 0. The number of nitrogens with one attached hydrogen (secondary N) is 1. The molecule has 1 aliphatic rings. The summed E-state index contributed by atoms with van der Waals surface area (Å²) in [7, 11) is 2.23. The fourth-order valence-corrected chi connectivity index (χ4v) is 3.37. The molecule has 1 aromatic heterocycles. The van der Waals surface area contributed by atoms with Crippen molar-refractivity contribution >= 4 is 11.3 Å². The molecule has 16 heavy (non-hydrogen) atoms. The van der Waals surface area contributed by atoms with E-state index >= 15 is 0 Å². The van der Waals surface area contributed by atoms with Crippen LogP contribution in [-0.4, -0.2) is 30.6 Å². The second kappa shape index (κ2) is 4.86. The number of nitrogens with zero attached hydrogens (tertiary/aromatic N) is 1. The molecule has 1 saturated heterocycles. The molecule has 0 saturated carbocycles. The minimum Gasteiger partial charge on any atom is -0.310 e. The standard InChI is InChI=1S/C13H22N2S/c1-11(12-6-4-9-16-12)15(3)10-13(2)7-5-8-14-13/h4,6,9,11,14H,5,7-8,10H2,1-3H3. The molecular weight excluding hydrogens is 216 g/mol. The van der Waals surface area contributed by atoms with Gasteiger partial charge in [-0.15, -0.1) is 11.3 Å². The molecule has 0 bridgehead atoms. The SMILES string of the molecule is CC(c1cccs1)N(C)CC1(C)CCCN1. The summed E-state index contributed by atoms with van der Waals surface area (Å²) in [4.78, 5) is 3.92. The van der Waals surface area contributed by atoms with E-state index in [1.54, 1.807) is 0 Å². The maximum atomic E-state index is 3.63. The van der Waals surface area contributed by atoms with E-state index in [1.807, 2.05) is 11.3 Å². The Labute approximate surface area is 103 Å². The van der Waals surface area contributed by atoms with Gasteiger partial charge in [-0.3, -0.25) is 4.90 Å². The zero-order valence-electron chi connectivity index (χ0n) is 10.5. The molecule has 2 unspecified atom stereocenters. The van der Waals surface area contributed by atoms with Gasteiger partial charge in [-0.2, -0.15) is 0 Å². The number of likely N-dealkylation sites (N-methyl/N-ethyl adjacent to an activating group) is 1. The summed E-state index contributed by atoms with van der Waals surface area (Å²) in [5.41, 5.74) is 0.320. The number of hydrogen-bond donors (Lipinski definition) is 1. The van der Waals surface area contributed by atoms with Crippen molar-refractivity contribution in [1.29, 1.82) is 0 Å². The Bertz CT molecular complexity index is 315. The molecule has 1 aliphatic heterocycles. The predicted molar refractivity (Wildman–Crippen MR) is 71.0 cm³/mol. The van der Waals surface area contributed by atoms with E-state index in [9.17, 15) is 0 Å². The van der Waals surface area contributed by atoms with Crippen molar-refractivity contribution in [2.45, 2.75) is 38.3 Å². The van der Waals surface area contributed by atoms with Gasteiger partial charge < -0.3 is 5.32 Å². The second-order valence-corrected chi connectivity index (χ2v) is 6.18. The molecule has 0 radical (unpaired) electrons. The molecule has 1 fully saturated rings. The zero-order chi connectivity index (χ0) is 11.6. The van der Waals surface area contributed by atoms with Crippen molar-refractivity contribution in [3.63, 3.8) is 0 Å². The maximum Gasteiger partial charge on any atom is 0.0411 e. The summed E-state index contributed by atoms with van der Waals surface area (Å²) in [6.45, 7) is 6.95. The predicted octanol–water partition coefficient (Wildman–Crippen LogP) is 2.88. The molecule has 0 aliphatic carbocycles. The van der Waals surface area contributed by atoms with E-state index < -0.39 is 0 Å². The van der Waals surface area contributed by atoms with Gasteiger partial charge in [-0.25, -0.2) is 0 Å². The van der Waals surface area contributed by atoms with Gasteiger partial charge in [-0.05, 0) is 51.7 Å². The van der Waals surface area contributed by atoms with Gasteiger partial charge in [-0.1, -0.05) is 6.07 Å². The van der Waals surface area contributed by atoms with E-state index in [0.717, 1.165) is 6.54 Å². The molecule has 0 spiro atoms. The zero-order valence-corrected chi connectivity index (χ0v) is 11.3. The monoisotopic (exact) mass is 238 g/mol. The highest BCUT2D eigenvalue weighted by Crippen LogP contribution is 2.27. The maximum absolute atomic E-state index is 3.63. The number of thiophene rings is 1. The molecule has 90 valence electrons. The largest absolute Gasteiger partial charge is 0.310 e. The van der Waals surface area contributed by atoms with Crippen molar-refractivity contribution in [2.75, 3.05) is 20.1 Å². The van der Waals surface area contributed by atoms with Gasteiger partial charge >= 0.3 is 0 Å². The smallest absolute Gasteiger partial charge is 0.0411 e. The van der Waals surface area contributed by atoms with E-state index in [-0.39, 0.29) is 0 Å². The Kier molecular flexibility index (Phi) is 3.67. The fourth-order valence-electron chi connectivity index (χ4n) is 2.53. The van der Waals surface area contributed by atoms with E-state index in [4.69, 9.17) is 0 Å². The van der Waals surface area contributed by atoms with Crippen molar-refractivity contribution < 1.29 is 0 Å². The molecule has 0 amide bonds. The van der Waals surface area contributed by atoms with Crippen molar-refractivity contribution in [2.24, 2.45) is 0 Å². The van der Waals surface area contributed by atoms with Crippen LogP contribution in [0.1, 0.15) is 37.6 Å². The molecule has 1 N–H and O–H groups in total. The Morgan fingerprint density at radius 3 is 3.00 bits per heavy atom. The molecule has 2 heterocycles. The Balaban J connectivity index is 1.95. The van der Waals surface area contributed by atoms with Gasteiger partial charge in [0.05, 0.1) is 0 Å². The van der Waals surface area contributed by atoms with E-state index in [0.29, 0.717) is 11.6 Å². The van der Waals surface area contributed by atoms with Crippen LogP contribution in [0, 0.1) is 0 Å². The first-order valence-corrected chi connectivity index (χ1v) is 6.97. The molecule has 0 aromatic carbocycles. The third-order valence-electron chi connectivity index (χ3n) is 3.67. The first-order valence-electron chi connectivity index (χ1n) is 6.09. The van der Waals surface area contributed by atoms with Crippen LogP contribution in [0.5, 0.6) is 0 Å². The normalized spacial score (nSPS) is 27.5. The van der Waals surface area contributed by atoms with Crippen LogP contribution in [0.4, 0.5) is 0 Å². The van der Waals surface area contributed by atoms with Crippen LogP contribution in [0.15, 0.2) is 17.5 Å². The third-order valence-corrected chi connectivity index (χ3v) is 4.71. The van der Waals surface area contributed by atoms with Crippen LogP contribution in [-0.2, 0) is 0 Å². The first kappa shape index (κ1) is 12.1. The highest BCUT2D eigenvalue weighted by atomic mass is 32.1.